The van der Waals surface area contributed by atoms with Crippen molar-refractivity contribution in [1.29, 1.82) is 0 Å². The molecule has 2 aromatic carbocycles. The summed E-state index contributed by atoms with van der Waals surface area (Å²) in [5.74, 6) is 0.829. The number of nitrogens with zero attached hydrogens (tertiary/aromatic N) is 1. The predicted molar refractivity (Wildman–Crippen MR) is 111 cm³/mol. The van der Waals surface area contributed by atoms with E-state index < -0.39 is 15.7 Å². The molecule has 0 aliphatic heterocycles. The Morgan fingerprint density at radius 2 is 2.00 bits per heavy atom. The van der Waals surface area contributed by atoms with Crippen molar-refractivity contribution in [2.24, 2.45) is 0 Å². The molecule has 4 rings (SSSR count). The van der Waals surface area contributed by atoms with Gasteiger partial charge in [0.25, 0.3) is 5.91 Å². The van der Waals surface area contributed by atoms with Gasteiger partial charge in [0.15, 0.2) is 20.7 Å². The van der Waals surface area contributed by atoms with Gasteiger partial charge in [0, 0.05) is 28.7 Å². The first-order chi connectivity index (χ1) is 13.8. The van der Waals surface area contributed by atoms with E-state index in [2.05, 4.69) is 10.3 Å². The van der Waals surface area contributed by atoms with E-state index >= 15 is 0 Å². The number of methoxy groups -OCH3 is 1. The van der Waals surface area contributed by atoms with Gasteiger partial charge in [-0.15, -0.1) is 11.3 Å². The van der Waals surface area contributed by atoms with Gasteiger partial charge in [-0.2, -0.15) is 0 Å². The first kappa shape index (κ1) is 19.2. The highest BCUT2D eigenvalue weighted by Crippen LogP contribution is 2.32. The Morgan fingerprint density at radius 1 is 1.17 bits per heavy atom. The standard InChI is InChI=1S/C20H16N2O5S2/c1-26-14-7-6-12-9-18(27-17(12)10-14)16-11-28-20(21-16)22-19(23)13-4-3-5-15(8-13)29(2,24)25/h3-11H,1-2H3,(H,21,22,23). The van der Waals surface area contributed by atoms with Gasteiger partial charge in [-0.25, -0.2) is 13.4 Å². The number of rotatable bonds is 5. The number of thiazole rings is 1. The van der Waals surface area contributed by atoms with Gasteiger partial charge in [-0.1, -0.05) is 6.07 Å². The van der Waals surface area contributed by atoms with E-state index in [4.69, 9.17) is 9.15 Å². The van der Waals surface area contributed by atoms with Crippen LogP contribution in [0.2, 0.25) is 0 Å². The maximum absolute atomic E-state index is 12.5. The lowest BCUT2D eigenvalue weighted by Crippen LogP contribution is -2.12. The highest BCUT2D eigenvalue weighted by Gasteiger charge is 2.15. The van der Waals surface area contributed by atoms with Crippen LogP contribution in [0.5, 0.6) is 5.75 Å². The summed E-state index contributed by atoms with van der Waals surface area (Å²) in [6.07, 6.45) is 1.10. The summed E-state index contributed by atoms with van der Waals surface area (Å²) in [5, 5.41) is 5.76. The number of carbonyl (C=O) groups is 1. The molecule has 0 fully saturated rings. The van der Waals surface area contributed by atoms with Crippen molar-refractivity contribution in [2.45, 2.75) is 4.90 Å². The lowest BCUT2D eigenvalue weighted by Gasteiger charge is -2.04. The molecule has 2 aromatic heterocycles. The van der Waals surface area contributed by atoms with Gasteiger partial charge in [0.05, 0.1) is 12.0 Å². The maximum Gasteiger partial charge on any atom is 0.257 e. The van der Waals surface area contributed by atoms with Gasteiger partial charge in [0.2, 0.25) is 0 Å². The number of benzene rings is 2. The average Bonchev–Trinajstić information content (AvgIpc) is 3.33. The number of aromatic nitrogens is 1. The van der Waals surface area contributed by atoms with E-state index in [9.17, 15) is 13.2 Å². The van der Waals surface area contributed by atoms with Crippen LogP contribution in [0.1, 0.15) is 10.4 Å². The molecule has 2 heterocycles. The fraction of sp³-hybridized carbons (Fsp3) is 0.100. The van der Waals surface area contributed by atoms with Crippen molar-refractivity contribution in [3.05, 3.63) is 59.5 Å². The molecule has 0 radical (unpaired) electrons. The number of fused-ring (bicyclic) bond motifs is 1. The van der Waals surface area contributed by atoms with Crippen LogP contribution in [0.15, 0.2) is 63.2 Å². The smallest absolute Gasteiger partial charge is 0.257 e. The Kier molecular flexibility index (Phi) is 4.85. The number of furan rings is 1. The lowest BCUT2D eigenvalue weighted by molar-refractivity contribution is 0.102. The number of hydrogen-bond donors (Lipinski definition) is 1. The second kappa shape index (κ2) is 7.34. The first-order valence-electron chi connectivity index (χ1n) is 8.48. The van der Waals surface area contributed by atoms with Gasteiger partial charge in [-0.05, 0) is 36.4 Å². The van der Waals surface area contributed by atoms with E-state index in [0.29, 0.717) is 27.9 Å². The van der Waals surface area contributed by atoms with Crippen molar-refractivity contribution in [1.82, 2.24) is 4.98 Å². The van der Waals surface area contributed by atoms with Crippen LogP contribution in [0.3, 0.4) is 0 Å². The molecular weight excluding hydrogens is 412 g/mol. The summed E-state index contributed by atoms with van der Waals surface area (Å²) in [5.41, 5.74) is 1.50. The fourth-order valence-electron chi connectivity index (χ4n) is 2.75. The molecule has 0 atom stereocenters. The van der Waals surface area contributed by atoms with Crippen LogP contribution >= 0.6 is 11.3 Å². The minimum atomic E-state index is -3.40. The molecule has 0 unspecified atom stereocenters. The zero-order valence-corrected chi connectivity index (χ0v) is 17.1. The van der Waals surface area contributed by atoms with Crippen LogP contribution in [0.4, 0.5) is 5.13 Å². The van der Waals surface area contributed by atoms with Gasteiger partial charge in [-0.3, -0.25) is 10.1 Å². The molecule has 29 heavy (non-hydrogen) atoms. The van der Waals surface area contributed by atoms with Gasteiger partial charge < -0.3 is 9.15 Å². The van der Waals surface area contributed by atoms with Crippen molar-refractivity contribution >= 4 is 43.2 Å². The van der Waals surface area contributed by atoms with Crippen LogP contribution in [-0.2, 0) is 9.84 Å². The zero-order chi connectivity index (χ0) is 20.6. The number of amides is 1. The van der Waals surface area contributed by atoms with Crippen LogP contribution in [0.25, 0.3) is 22.4 Å². The van der Waals surface area contributed by atoms with E-state index in [1.807, 2.05) is 18.2 Å². The normalized spacial score (nSPS) is 11.5. The van der Waals surface area contributed by atoms with E-state index in [-0.39, 0.29) is 10.5 Å². The number of anilines is 1. The monoisotopic (exact) mass is 428 g/mol. The molecule has 0 bridgehead atoms. The van der Waals surface area contributed by atoms with Crippen LogP contribution in [0, 0.1) is 0 Å². The van der Waals surface area contributed by atoms with Crippen molar-refractivity contribution in [3.8, 4) is 17.2 Å². The predicted octanol–water partition coefficient (Wildman–Crippen LogP) is 4.22. The van der Waals surface area contributed by atoms with E-state index in [1.54, 1.807) is 24.6 Å². The molecule has 0 aliphatic carbocycles. The molecule has 0 saturated heterocycles. The molecule has 0 spiro atoms. The molecule has 0 saturated carbocycles. The van der Waals surface area contributed by atoms with Crippen molar-refractivity contribution < 1.29 is 22.4 Å². The Balaban J connectivity index is 1.56. The average molecular weight is 428 g/mol. The molecule has 7 nitrogen and oxygen atoms in total. The third kappa shape index (κ3) is 4.01. The maximum atomic E-state index is 12.5. The second-order valence-corrected chi connectivity index (χ2v) is 9.18. The number of sulfone groups is 1. The number of nitrogens with one attached hydrogen (secondary N) is 1. The Bertz CT molecular complexity index is 1320. The lowest BCUT2D eigenvalue weighted by atomic mass is 10.2. The van der Waals surface area contributed by atoms with Crippen LogP contribution < -0.4 is 10.1 Å². The highest BCUT2D eigenvalue weighted by atomic mass is 32.2. The Morgan fingerprint density at radius 3 is 2.76 bits per heavy atom. The Hall–Kier alpha value is -3.17. The van der Waals surface area contributed by atoms with Crippen molar-refractivity contribution in [2.75, 3.05) is 18.7 Å². The minimum Gasteiger partial charge on any atom is -0.497 e. The van der Waals surface area contributed by atoms with E-state index in [1.165, 1.54) is 29.5 Å². The summed E-state index contributed by atoms with van der Waals surface area (Å²) in [4.78, 5) is 17.0. The largest absolute Gasteiger partial charge is 0.497 e. The molecular formula is C20H16N2O5S2. The topological polar surface area (TPSA) is 98.5 Å². The molecule has 1 amide bonds. The van der Waals surface area contributed by atoms with Crippen molar-refractivity contribution in [3.63, 3.8) is 0 Å². The Labute approximate surface area is 170 Å². The van der Waals surface area contributed by atoms with Crippen LogP contribution in [-0.4, -0.2) is 32.7 Å². The number of carbonyl (C=O) groups excluding carboxylic acids is 1. The SMILES string of the molecule is COc1ccc2cc(-c3csc(NC(=O)c4cccc(S(C)(=O)=O)c4)n3)oc2c1. The second-order valence-electron chi connectivity index (χ2n) is 6.31. The summed E-state index contributed by atoms with van der Waals surface area (Å²) in [7, 11) is -1.81. The first-order valence-corrected chi connectivity index (χ1v) is 11.3. The minimum absolute atomic E-state index is 0.0858. The highest BCUT2D eigenvalue weighted by molar-refractivity contribution is 7.90. The summed E-state index contributed by atoms with van der Waals surface area (Å²) in [6.45, 7) is 0. The third-order valence-corrected chi connectivity index (χ3v) is 6.10. The summed E-state index contributed by atoms with van der Waals surface area (Å²) in [6, 6.07) is 13.3. The van der Waals surface area contributed by atoms with E-state index in [0.717, 1.165) is 11.6 Å². The zero-order valence-electron chi connectivity index (χ0n) is 15.5. The molecule has 148 valence electrons. The molecule has 1 N–H and O–H groups in total. The number of ether oxygens (including phenoxy) is 1. The van der Waals surface area contributed by atoms with Gasteiger partial charge >= 0.3 is 0 Å². The fourth-order valence-corrected chi connectivity index (χ4v) is 4.11. The molecule has 4 aromatic rings. The van der Waals surface area contributed by atoms with Gasteiger partial charge in [0.1, 0.15) is 17.0 Å². The third-order valence-electron chi connectivity index (χ3n) is 4.23. The molecule has 0 aliphatic rings. The summed E-state index contributed by atoms with van der Waals surface area (Å²) >= 11 is 1.25. The summed E-state index contributed by atoms with van der Waals surface area (Å²) < 4.78 is 34.4. The number of hydrogen-bond acceptors (Lipinski definition) is 7. The molecule has 9 heteroatoms. The quantitative estimate of drug-likeness (QED) is 0.511.